The number of anilines is 1. The molecule has 0 bridgehead atoms. The molecule has 20 heavy (non-hydrogen) atoms. The maximum Gasteiger partial charge on any atom is 0.272 e. The third-order valence-electron chi connectivity index (χ3n) is 2.68. The fourth-order valence-corrected chi connectivity index (χ4v) is 3.56. The number of carbonyl (C=O) groups excluding carboxylic acids is 1. The molecule has 1 aliphatic rings. The molecule has 8 heteroatoms. The van der Waals surface area contributed by atoms with Gasteiger partial charge in [-0.3, -0.25) is 9.69 Å². The molecule has 0 aliphatic carbocycles. The summed E-state index contributed by atoms with van der Waals surface area (Å²) in [4.78, 5) is 14.7. The summed E-state index contributed by atoms with van der Waals surface area (Å²) in [6.07, 6.45) is 1.30. The van der Waals surface area contributed by atoms with E-state index in [1.807, 2.05) is 0 Å². The Kier molecular flexibility index (Phi) is 4.00. The van der Waals surface area contributed by atoms with E-state index < -0.39 is 21.6 Å². The van der Waals surface area contributed by atoms with Crippen LogP contribution in [-0.2, 0) is 14.6 Å². The molecule has 1 fully saturated rings. The highest BCUT2D eigenvalue weighted by Gasteiger charge is 2.40. The van der Waals surface area contributed by atoms with Crippen molar-refractivity contribution in [1.29, 1.82) is 0 Å². The van der Waals surface area contributed by atoms with Crippen LogP contribution >= 0.6 is 23.2 Å². The minimum atomic E-state index is -3.63. The largest absolute Gasteiger partial charge is 0.382 e. The Balaban J connectivity index is 2.46. The van der Waals surface area contributed by atoms with Gasteiger partial charge in [0.05, 0.1) is 10.0 Å². The zero-order valence-corrected chi connectivity index (χ0v) is 13.1. The van der Waals surface area contributed by atoms with Gasteiger partial charge in [0.2, 0.25) is 9.84 Å². The summed E-state index contributed by atoms with van der Waals surface area (Å²) >= 11 is 11.7. The highest BCUT2D eigenvalue weighted by molar-refractivity contribution is 7.97. The van der Waals surface area contributed by atoms with Gasteiger partial charge in [0.1, 0.15) is 10.8 Å². The normalized spacial score (nSPS) is 19.7. The van der Waals surface area contributed by atoms with E-state index in [-0.39, 0.29) is 9.93 Å². The van der Waals surface area contributed by atoms with Crippen molar-refractivity contribution in [2.24, 2.45) is 0 Å². The van der Waals surface area contributed by atoms with Gasteiger partial charge in [0.15, 0.2) is 0 Å². The van der Waals surface area contributed by atoms with E-state index >= 15 is 0 Å². The first-order chi connectivity index (χ1) is 9.22. The van der Waals surface area contributed by atoms with Crippen molar-refractivity contribution < 1.29 is 13.2 Å². The summed E-state index contributed by atoms with van der Waals surface area (Å²) in [5, 5.41) is 0.605. The highest BCUT2D eigenvalue weighted by Crippen LogP contribution is 2.32. The monoisotopic (exact) mass is 334 g/mol. The fraction of sp³-hybridized carbons (Fsp3) is 0.250. The zero-order valence-electron chi connectivity index (χ0n) is 10.8. The van der Waals surface area contributed by atoms with Gasteiger partial charge < -0.3 is 4.90 Å². The van der Waals surface area contributed by atoms with Crippen LogP contribution in [-0.4, -0.2) is 39.2 Å². The molecule has 108 valence electrons. The molecule has 0 aromatic heterocycles. The molecule has 0 atom stereocenters. The quantitative estimate of drug-likeness (QED) is 0.777. The van der Waals surface area contributed by atoms with Gasteiger partial charge in [-0.05, 0) is 18.2 Å². The van der Waals surface area contributed by atoms with Crippen molar-refractivity contribution in [3.8, 4) is 0 Å². The van der Waals surface area contributed by atoms with Crippen LogP contribution in [0.1, 0.15) is 0 Å². The number of halogens is 2. The first-order valence-electron chi connectivity index (χ1n) is 5.60. The molecular formula is C12H12Cl2N2O3S. The van der Waals surface area contributed by atoms with Gasteiger partial charge in [-0.2, -0.15) is 0 Å². The smallest absolute Gasteiger partial charge is 0.272 e. The average Bonchev–Trinajstić information content (AvgIpc) is 2.56. The number of carbonyl (C=O) groups is 1. The van der Waals surface area contributed by atoms with Crippen LogP contribution in [0.25, 0.3) is 0 Å². The fourth-order valence-electron chi connectivity index (χ4n) is 1.78. The predicted molar refractivity (Wildman–Crippen MR) is 79.5 cm³/mol. The minimum absolute atomic E-state index is 0.228. The van der Waals surface area contributed by atoms with Gasteiger partial charge in [-0.1, -0.05) is 23.2 Å². The molecule has 0 N–H and O–H groups in total. The molecule has 0 unspecified atom stereocenters. The predicted octanol–water partition coefficient (Wildman–Crippen LogP) is 2.12. The number of amides is 1. The van der Waals surface area contributed by atoms with Crippen molar-refractivity contribution in [3.63, 3.8) is 0 Å². The van der Waals surface area contributed by atoms with Crippen LogP contribution < -0.4 is 4.90 Å². The summed E-state index contributed by atoms with van der Waals surface area (Å²) in [6.45, 7) is 0. The molecule has 0 spiro atoms. The van der Waals surface area contributed by atoms with E-state index in [0.29, 0.717) is 10.7 Å². The second-order valence-electron chi connectivity index (χ2n) is 4.53. The first-order valence-corrected chi connectivity index (χ1v) is 8.01. The number of rotatable bonds is 2. The molecule has 1 amide bonds. The standard InChI is InChI=1S/C12H12Cl2N2O3S/c1-15(2)6-11-12(17)16(7-20(11,18)19)8-3-4-9(13)10(14)5-8/h3-6H,7H2,1-2H3. The highest BCUT2D eigenvalue weighted by atomic mass is 35.5. The Hall–Kier alpha value is -1.24. The molecule has 5 nitrogen and oxygen atoms in total. The van der Waals surface area contributed by atoms with Crippen LogP contribution in [0.3, 0.4) is 0 Å². The number of hydrogen-bond acceptors (Lipinski definition) is 4. The summed E-state index contributed by atoms with van der Waals surface area (Å²) in [5.74, 6) is -0.971. The second kappa shape index (κ2) is 5.27. The van der Waals surface area contributed by atoms with Gasteiger partial charge >= 0.3 is 0 Å². The first kappa shape index (κ1) is 15.2. The lowest BCUT2D eigenvalue weighted by molar-refractivity contribution is -0.114. The van der Waals surface area contributed by atoms with E-state index in [1.54, 1.807) is 20.2 Å². The summed E-state index contributed by atoms with van der Waals surface area (Å²) in [5.41, 5.74) is 0.398. The number of benzene rings is 1. The van der Waals surface area contributed by atoms with Crippen LogP contribution in [0.5, 0.6) is 0 Å². The van der Waals surface area contributed by atoms with Crippen LogP contribution in [0, 0.1) is 0 Å². The lowest BCUT2D eigenvalue weighted by atomic mass is 10.3. The number of hydrogen-bond donors (Lipinski definition) is 0. The Morgan fingerprint density at radius 1 is 1.25 bits per heavy atom. The minimum Gasteiger partial charge on any atom is -0.382 e. The SMILES string of the molecule is CN(C)C=C1C(=O)N(c2ccc(Cl)c(Cl)c2)CS1(=O)=O. The molecule has 1 aliphatic heterocycles. The van der Waals surface area contributed by atoms with Crippen molar-refractivity contribution >= 4 is 44.6 Å². The van der Waals surface area contributed by atoms with E-state index in [9.17, 15) is 13.2 Å². The van der Waals surface area contributed by atoms with Crippen molar-refractivity contribution in [2.45, 2.75) is 0 Å². The molecule has 1 saturated heterocycles. The van der Waals surface area contributed by atoms with Gasteiger partial charge in [-0.25, -0.2) is 8.42 Å². The molecule has 1 heterocycles. The third-order valence-corrected chi connectivity index (χ3v) is 4.97. The average molecular weight is 335 g/mol. The van der Waals surface area contributed by atoms with E-state index in [2.05, 4.69) is 0 Å². The maximum absolute atomic E-state index is 12.2. The van der Waals surface area contributed by atoms with Crippen molar-refractivity contribution in [3.05, 3.63) is 39.3 Å². The Morgan fingerprint density at radius 3 is 2.45 bits per heavy atom. The number of nitrogens with zero attached hydrogens (tertiary/aromatic N) is 2. The lowest BCUT2D eigenvalue weighted by Gasteiger charge is -2.14. The van der Waals surface area contributed by atoms with Crippen LogP contribution in [0.2, 0.25) is 10.0 Å². The summed E-state index contributed by atoms with van der Waals surface area (Å²) < 4.78 is 24.1. The van der Waals surface area contributed by atoms with Crippen LogP contribution in [0.4, 0.5) is 5.69 Å². The van der Waals surface area contributed by atoms with Crippen LogP contribution in [0.15, 0.2) is 29.3 Å². The van der Waals surface area contributed by atoms with Gasteiger partial charge in [-0.15, -0.1) is 0 Å². The second-order valence-corrected chi connectivity index (χ2v) is 7.27. The maximum atomic E-state index is 12.2. The summed E-state index contributed by atoms with van der Waals surface area (Å²) in [7, 11) is -0.331. The zero-order chi connectivity index (χ0) is 15.1. The number of sulfone groups is 1. The molecule has 1 aromatic rings. The summed E-state index contributed by atoms with van der Waals surface area (Å²) in [6, 6.07) is 4.54. The van der Waals surface area contributed by atoms with Crippen molar-refractivity contribution in [2.75, 3.05) is 24.9 Å². The van der Waals surface area contributed by atoms with Gasteiger partial charge in [0.25, 0.3) is 5.91 Å². The Bertz CT molecular complexity index is 699. The van der Waals surface area contributed by atoms with E-state index in [0.717, 1.165) is 4.90 Å². The van der Waals surface area contributed by atoms with E-state index in [4.69, 9.17) is 23.2 Å². The molecule has 0 radical (unpaired) electrons. The Morgan fingerprint density at radius 2 is 1.90 bits per heavy atom. The Labute approximate surface area is 127 Å². The van der Waals surface area contributed by atoms with Gasteiger partial charge in [0, 0.05) is 26.0 Å². The molecule has 2 rings (SSSR count). The topological polar surface area (TPSA) is 57.7 Å². The molecular weight excluding hydrogens is 323 g/mol. The molecule has 0 saturated carbocycles. The van der Waals surface area contributed by atoms with Crippen molar-refractivity contribution in [1.82, 2.24) is 4.90 Å². The third kappa shape index (κ3) is 2.77. The van der Waals surface area contributed by atoms with E-state index in [1.165, 1.54) is 23.2 Å². The molecule has 1 aromatic carbocycles. The lowest BCUT2D eigenvalue weighted by Crippen LogP contribution is -2.25.